The van der Waals surface area contributed by atoms with Crippen LogP contribution >= 0.6 is 0 Å². The van der Waals surface area contributed by atoms with Gasteiger partial charge in [-0.1, -0.05) is 0 Å². The van der Waals surface area contributed by atoms with E-state index in [2.05, 4.69) is 20.6 Å². The number of carbonyl (C=O) groups is 1. The largest absolute Gasteiger partial charge is 0.450 e. The molecule has 1 aromatic carbocycles. The third-order valence-electron chi connectivity index (χ3n) is 2.82. The summed E-state index contributed by atoms with van der Waals surface area (Å²) in [5.74, 6) is 0. The fraction of sp³-hybridized carbons (Fsp3) is 0.267. The number of aromatic nitrogens is 2. The van der Waals surface area contributed by atoms with E-state index in [0.717, 1.165) is 11.4 Å². The van der Waals surface area contributed by atoms with Crippen LogP contribution in [0.1, 0.15) is 25.6 Å². The molecule has 110 valence electrons. The number of nitrogens with zero attached hydrogens (tertiary/aromatic N) is 2. The van der Waals surface area contributed by atoms with Gasteiger partial charge in [-0.15, -0.1) is 0 Å². The van der Waals surface area contributed by atoms with Crippen LogP contribution in [0.3, 0.4) is 0 Å². The van der Waals surface area contributed by atoms with Gasteiger partial charge < -0.3 is 10.1 Å². The van der Waals surface area contributed by atoms with Crippen LogP contribution in [0.25, 0.3) is 0 Å². The normalized spacial score (nSPS) is 11.5. The molecular weight excluding hydrogens is 268 g/mol. The number of benzene rings is 1. The van der Waals surface area contributed by atoms with Gasteiger partial charge in [0.15, 0.2) is 0 Å². The average molecular weight is 286 g/mol. The average Bonchev–Trinajstić information content (AvgIpc) is 2.50. The van der Waals surface area contributed by atoms with Crippen molar-refractivity contribution in [2.24, 2.45) is 0 Å². The van der Waals surface area contributed by atoms with Crippen LogP contribution in [0.15, 0.2) is 42.9 Å². The Bertz CT molecular complexity index is 572. The molecule has 1 heterocycles. The lowest BCUT2D eigenvalue weighted by atomic mass is 10.2. The minimum absolute atomic E-state index is 0.0440. The lowest BCUT2D eigenvalue weighted by Crippen LogP contribution is -2.13. The maximum absolute atomic E-state index is 11.3. The Morgan fingerprint density at radius 3 is 2.57 bits per heavy atom. The van der Waals surface area contributed by atoms with E-state index in [9.17, 15) is 4.79 Å². The highest BCUT2D eigenvalue weighted by atomic mass is 16.5. The van der Waals surface area contributed by atoms with Crippen molar-refractivity contribution < 1.29 is 9.53 Å². The van der Waals surface area contributed by atoms with E-state index >= 15 is 0 Å². The molecule has 1 unspecified atom stereocenters. The number of hydrogen-bond acceptors (Lipinski definition) is 5. The van der Waals surface area contributed by atoms with E-state index < -0.39 is 6.09 Å². The molecule has 0 aliphatic carbocycles. The monoisotopic (exact) mass is 286 g/mol. The predicted octanol–water partition coefficient (Wildman–Crippen LogP) is 3.22. The van der Waals surface area contributed by atoms with Crippen molar-refractivity contribution in [1.29, 1.82) is 0 Å². The number of ether oxygens (including phenoxy) is 1. The van der Waals surface area contributed by atoms with Gasteiger partial charge in [0.2, 0.25) is 0 Å². The molecule has 0 aliphatic rings. The standard InChI is InChI=1S/C15H18N4O2/c1-3-21-15(20)19-13-6-4-12(5-7-13)18-11(2)14-10-16-8-9-17-14/h4-11,18H,3H2,1-2H3,(H,19,20). The van der Waals surface area contributed by atoms with Crippen molar-refractivity contribution in [1.82, 2.24) is 9.97 Å². The maximum atomic E-state index is 11.3. The molecule has 0 spiro atoms. The van der Waals surface area contributed by atoms with Crippen molar-refractivity contribution >= 4 is 17.5 Å². The molecule has 0 radical (unpaired) electrons. The van der Waals surface area contributed by atoms with Gasteiger partial charge in [-0.2, -0.15) is 0 Å². The van der Waals surface area contributed by atoms with Crippen molar-refractivity contribution in [3.63, 3.8) is 0 Å². The molecule has 2 aromatic rings. The Balaban J connectivity index is 1.95. The van der Waals surface area contributed by atoms with E-state index in [1.165, 1.54) is 0 Å². The summed E-state index contributed by atoms with van der Waals surface area (Å²) < 4.78 is 4.82. The molecule has 1 amide bonds. The van der Waals surface area contributed by atoms with Crippen molar-refractivity contribution in [2.75, 3.05) is 17.2 Å². The second-order valence-corrected chi connectivity index (χ2v) is 4.42. The van der Waals surface area contributed by atoms with Gasteiger partial charge in [-0.3, -0.25) is 15.3 Å². The second-order valence-electron chi connectivity index (χ2n) is 4.42. The number of anilines is 2. The summed E-state index contributed by atoms with van der Waals surface area (Å²) in [6, 6.07) is 7.43. The SMILES string of the molecule is CCOC(=O)Nc1ccc(NC(C)c2cnccn2)cc1. The lowest BCUT2D eigenvalue weighted by molar-refractivity contribution is 0.168. The Morgan fingerprint density at radius 1 is 1.24 bits per heavy atom. The lowest BCUT2D eigenvalue weighted by Gasteiger charge is -2.14. The fourth-order valence-corrected chi connectivity index (χ4v) is 1.79. The summed E-state index contributed by atoms with van der Waals surface area (Å²) in [7, 11) is 0. The van der Waals surface area contributed by atoms with Crippen molar-refractivity contribution in [2.45, 2.75) is 19.9 Å². The van der Waals surface area contributed by atoms with Crippen molar-refractivity contribution in [3.8, 4) is 0 Å². The molecule has 6 nitrogen and oxygen atoms in total. The first-order valence-electron chi connectivity index (χ1n) is 6.75. The molecule has 2 rings (SSSR count). The minimum atomic E-state index is -0.453. The molecule has 0 saturated carbocycles. The number of rotatable bonds is 5. The Morgan fingerprint density at radius 2 is 1.95 bits per heavy atom. The first-order valence-corrected chi connectivity index (χ1v) is 6.75. The smallest absolute Gasteiger partial charge is 0.411 e. The summed E-state index contributed by atoms with van der Waals surface area (Å²) in [5, 5.41) is 5.96. The molecule has 1 aromatic heterocycles. The zero-order chi connectivity index (χ0) is 15.1. The molecule has 6 heteroatoms. The Kier molecular flexibility index (Phi) is 5.09. The Labute approximate surface area is 123 Å². The first-order chi connectivity index (χ1) is 10.2. The molecule has 0 aliphatic heterocycles. The third kappa shape index (κ3) is 4.45. The van der Waals surface area contributed by atoms with Crippen LogP contribution in [0, 0.1) is 0 Å². The van der Waals surface area contributed by atoms with Crippen LogP contribution in [0.2, 0.25) is 0 Å². The minimum Gasteiger partial charge on any atom is -0.450 e. The van der Waals surface area contributed by atoms with Crippen LogP contribution in [-0.2, 0) is 4.74 Å². The van der Waals surface area contributed by atoms with Gasteiger partial charge in [-0.05, 0) is 38.1 Å². The number of hydrogen-bond donors (Lipinski definition) is 2. The number of carbonyl (C=O) groups excluding carboxylic acids is 1. The number of nitrogens with one attached hydrogen (secondary N) is 2. The van der Waals surface area contributed by atoms with Gasteiger partial charge in [0, 0.05) is 23.8 Å². The van der Waals surface area contributed by atoms with E-state index in [1.807, 2.05) is 31.2 Å². The highest BCUT2D eigenvalue weighted by molar-refractivity contribution is 5.84. The summed E-state index contributed by atoms with van der Waals surface area (Å²) in [6.45, 7) is 4.12. The third-order valence-corrected chi connectivity index (χ3v) is 2.82. The summed E-state index contributed by atoms with van der Waals surface area (Å²) in [4.78, 5) is 19.6. The van der Waals surface area contributed by atoms with Crippen LogP contribution in [0.4, 0.5) is 16.2 Å². The van der Waals surface area contributed by atoms with Crippen molar-refractivity contribution in [3.05, 3.63) is 48.5 Å². The summed E-state index contributed by atoms with van der Waals surface area (Å²) in [6.07, 6.45) is 4.59. The van der Waals surface area contributed by atoms with E-state index in [4.69, 9.17) is 4.74 Å². The molecule has 1 atom stereocenters. The van der Waals surface area contributed by atoms with Gasteiger partial charge in [-0.25, -0.2) is 4.79 Å². The summed E-state index contributed by atoms with van der Waals surface area (Å²) in [5.41, 5.74) is 2.49. The van der Waals surface area contributed by atoms with Crippen LogP contribution in [-0.4, -0.2) is 22.7 Å². The zero-order valence-electron chi connectivity index (χ0n) is 12.0. The molecule has 2 N–H and O–H groups in total. The second kappa shape index (κ2) is 7.23. The zero-order valence-corrected chi connectivity index (χ0v) is 12.0. The van der Waals surface area contributed by atoms with E-state index in [-0.39, 0.29) is 6.04 Å². The quantitative estimate of drug-likeness (QED) is 0.882. The van der Waals surface area contributed by atoms with Gasteiger partial charge >= 0.3 is 6.09 Å². The van der Waals surface area contributed by atoms with Crippen LogP contribution in [0.5, 0.6) is 0 Å². The predicted molar refractivity (Wildman–Crippen MR) is 81.2 cm³/mol. The number of amides is 1. The first kappa shape index (κ1) is 14.8. The fourth-order valence-electron chi connectivity index (χ4n) is 1.79. The van der Waals surface area contributed by atoms with E-state index in [1.54, 1.807) is 25.5 Å². The van der Waals surface area contributed by atoms with E-state index in [0.29, 0.717) is 12.3 Å². The maximum Gasteiger partial charge on any atom is 0.411 e. The van der Waals surface area contributed by atoms with Gasteiger partial charge in [0.1, 0.15) is 0 Å². The molecule has 0 fully saturated rings. The van der Waals surface area contributed by atoms with Gasteiger partial charge in [0.25, 0.3) is 0 Å². The van der Waals surface area contributed by atoms with Gasteiger partial charge in [0.05, 0.1) is 24.5 Å². The molecule has 21 heavy (non-hydrogen) atoms. The Hall–Kier alpha value is -2.63. The summed E-state index contributed by atoms with van der Waals surface area (Å²) >= 11 is 0. The van der Waals surface area contributed by atoms with Crippen LogP contribution < -0.4 is 10.6 Å². The highest BCUT2D eigenvalue weighted by Crippen LogP contribution is 2.19. The molecule has 0 bridgehead atoms. The molecule has 0 saturated heterocycles. The highest BCUT2D eigenvalue weighted by Gasteiger charge is 2.07. The topological polar surface area (TPSA) is 76.1 Å². The molecular formula is C15H18N4O2.